The number of pyridine rings is 2. The fourth-order valence-corrected chi connectivity index (χ4v) is 2.36. The van der Waals surface area contributed by atoms with Crippen LogP contribution in [0.1, 0.15) is 16.1 Å². The smallest absolute Gasteiger partial charge is 0.257 e. The second kappa shape index (κ2) is 6.40. The van der Waals surface area contributed by atoms with E-state index in [1.165, 1.54) is 12.4 Å². The molecule has 5 nitrogen and oxygen atoms in total. The van der Waals surface area contributed by atoms with Crippen LogP contribution in [0.4, 0.5) is 5.69 Å². The summed E-state index contributed by atoms with van der Waals surface area (Å²) >= 11 is 11.9. The summed E-state index contributed by atoms with van der Waals surface area (Å²) in [5.41, 5.74) is 2.00. The molecule has 0 spiro atoms. The Bertz CT molecular complexity index is 864. The first-order chi connectivity index (χ1) is 11.1. The van der Waals surface area contributed by atoms with Crippen molar-refractivity contribution in [1.29, 1.82) is 0 Å². The number of halogens is 2. The zero-order chi connectivity index (χ0) is 16.4. The monoisotopic (exact) mass is 347 g/mol. The van der Waals surface area contributed by atoms with Gasteiger partial charge in [-0.3, -0.25) is 9.78 Å². The number of nitrogens with one attached hydrogen (secondary N) is 1. The van der Waals surface area contributed by atoms with E-state index in [1.807, 2.05) is 0 Å². The van der Waals surface area contributed by atoms with Crippen molar-refractivity contribution in [3.63, 3.8) is 0 Å². The van der Waals surface area contributed by atoms with Crippen LogP contribution in [0.3, 0.4) is 0 Å². The fourth-order valence-electron chi connectivity index (χ4n) is 2.06. The lowest BCUT2D eigenvalue weighted by Crippen LogP contribution is -2.14. The Morgan fingerprint density at radius 2 is 2.04 bits per heavy atom. The number of hydrogen-bond donors (Lipinski definition) is 1. The average Bonchev–Trinajstić information content (AvgIpc) is 3.06. The van der Waals surface area contributed by atoms with Gasteiger partial charge in [-0.05, 0) is 31.2 Å². The summed E-state index contributed by atoms with van der Waals surface area (Å²) in [6, 6.07) is 6.99. The van der Waals surface area contributed by atoms with Gasteiger partial charge in [-0.2, -0.15) is 0 Å². The number of carbonyl (C=O) groups excluding carboxylic acids is 1. The van der Waals surface area contributed by atoms with Gasteiger partial charge in [-0.15, -0.1) is 0 Å². The lowest BCUT2D eigenvalue weighted by atomic mass is 10.1. The molecule has 0 saturated carbocycles. The number of aryl methyl sites for hydroxylation is 1. The largest absolute Gasteiger partial charge is 0.463 e. The minimum absolute atomic E-state index is 0.243. The van der Waals surface area contributed by atoms with Crippen LogP contribution in [0.2, 0.25) is 10.0 Å². The van der Waals surface area contributed by atoms with Crippen LogP contribution < -0.4 is 5.32 Å². The molecule has 0 radical (unpaired) electrons. The van der Waals surface area contributed by atoms with Gasteiger partial charge >= 0.3 is 0 Å². The molecular weight excluding hydrogens is 337 g/mol. The third-order valence-electron chi connectivity index (χ3n) is 3.19. The highest BCUT2D eigenvalue weighted by Gasteiger charge is 2.15. The van der Waals surface area contributed by atoms with Crippen LogP contribution in [0.15, 0.2) is 47.3 Å². The number of rotatable bonds is 3. The van der Waals surface area contributed by atoms with Crippen molar-refractivity contribution in [1.82, 2.24) is 9.97 Å². The number of nitrogens with zero attached hydrogens (tertiary/aromatic N) is 2. The molecular formula is C16H11Cl2N3O2. The number of carbonyl (C=O) groups is 1. The van der Waals surface area contributed by atoms with Crippen LogP contribution in [0, 0.1) is 6.92 Å². The molecule has 0 unspecified atom stereocenters. The summed E-state index contributed by atoms with van der Waals surface area (Å²) in [6.45, 7) is 1.75. The summed E-state index contributed by atoms with van der Waals surface area (Å²) in [6.07, 6.45) is 4.41. The Balaban J connectivity index is 1.87. The topological polar surface area (TPSA) is 68.0 Å². The van der Waals surface area contributed by atoms with Crippen molar-refractivity contribution < 1.29 is 9.21 Å². The van der Waals surface area contributed by atoms with Crippen molar-refractivity contribution in [2.45, 2.75) is 6.92 Å². The third-order valence-corrected chi connectivity index (χ3v) is 3.98. The predicted molar refractivity (Wildman–Crippen MR) is 88.9 cm³/mol. The van der Waals surface area contributed by atoms with E-state index in [4.69, 9.17) is 27.6 Å². The molecule has 1 amide bonds. The molecule has 23 heavy (non-hydrogen) atoms. The standard InChI is InChI=1S/C16H11Cl2N3O2/c1-9-10(4-5-12(20-9)14-3-2-6-23-14)16(22)21-13-8-19-7-11(17)15(13)18/h2-8H,1H3,(H,21,22). The maximum Gasteiger partial charge on any atom is 0.257 e. The van der Waals surface area contributed by atoms with Gasteiger partial charge in [0.1, 0.15) is 5.69 Å². The number of amides is 1. The predicted octanol–water partition coefficient (Wildman–Crippen LogP) is 4.60. The van der Waals surface area contributed by atoms with Gasteiger partial charge in [-0.1, -0.05) is 23.2 Å². The molecule has 0 aliphatic heterocycles. The normalized spacial score (nSPS) is 10.6. The highest BCUT2D eigenvalue weighted by molar-refractivity contribution is 6.43. The Hall–Kier alpha value is -2.37. The van der Waals surface area contributed by atoms with Gasteiger partial charge < -0.3 is 9.73 Å². The van der Waals surface area contributed by atoms with Gasteiger partial charge in [-0.25, -0.2) is 4.98 Å². The van der Waals surface area contributed by atoms with Gasteiger partial charge in [0, 0.05) is 6.20 Å². The maximum absolute atomic E-state index is 12.4. The van der Waals surface area contributed by atoms with Gasteiger partial charge in [0.2, 0.25) is 0 Å². The van der Waals surface area contributed by atoms with Gasteiger partial charge in [0.15, 0.2) is 5.76 Å². The molecule has 0 saturated heterocycles. The first-order valence-corrected chi connectivity index (χ1v) is 7.43. The summed E-state index contributed by atoms with van der Waals surface area (Å²) in [5, 5.41) is 3.20. The zero-order valence-electron chi connectivity index (χ0n) is 12.0. The van der Waals surface area contributed by atoms with Crippen LogP contribution in [0.5, 0.6) is 0 Å². The van der Waals surface area contributed by atoms with E-state index < -0.39 is 0 Å². The van der Waals surface area contributed by atoms with Crippen LogP contribution >= 0.6 is 23.2 Å². The average molecular weight is 348 g/mol. The molecule has 3 aromatic heterocycles. The van der Waals surface area contributed by atoms with Gasteiger partial charge in [0.25, 0.3) is 5.91 Å². The van der Waals surface area contributed by atoms with E-state index in [2.05, 4.69) is 15.3 Å². The Morgan fingerprint density at radius 1 is 1.22 bits per heavy atom. The van der Waals surface area contributed by atoms with Crippen molar-refractivity contribution in [2.24, 2.45) is 0 Å². The molecule has 3 heterocycles. The first-order valence-electron chi connectivity index (χ1n) is 6.68. The minimum Gasteiger partial charge on any atom is -0.463 e. The molecule has 116 valence electrons. The lowest BCUT2D eigenvalue weighted by Gasteiger charge is -2.09. The van der Waals surface area contributed by atoms with E-state index in [0.717, 1.165) is 0 Å². The lowest BCUT2D eigenvalue weighted by molar-refractivity contribution is 0.102. The Kier molecular flexibility index (Phi) is 4.32. The minimum atomic E-state index is -0.341. The van der Waals surface area contributed by atoms with Crippen LogP contribution in [0.25, 0.3) is 11.5 Å². The number of hydrogen-bond acceptors (Lipinski definition) is 4. The van der Waals surface area contributed by atoms with E-state index >= 15 is 0 Å². The van der Waals surface area contributed by atoms with E-state index in [9.17, 15) is 4.79 Å². The van der Waals surface area contributed by atoms with E-state index in [0.29, 0.717) is 28.4 Å². The summed E-state index contributed by atoms with van der Waals surface area (Å²) in [4.78, 5) is 20.7. The van der Waals surface area contributed by atoms with E-state index in [-0.39, 0.29) is 16.0 Å². The molecule has 7 heteroatoms. The molecule has 3 rings (SSSR count). The summed E-state index contributed by atoms with van der Waals surface area (Å²) in [7, 11) is 0. The third kappa shape index (κ3) is 3.21. The second-order valence-corrected chi connectivity index (χ2v) is 5.53. The van der Waals surface area contributed by atoms with Gasteiger partial charge in [0.05, 0.1) is 39.5 Å². The second-order valence-electron chi connectivity index (χ2n) is 4.74. The molecule has 3 aromatic rings. The highest BCUT2D eigenvalue weighted by Crippen LogP contribution is 2.29. The van der Waals surface area contributed by atoms with Crippen molar-refractivity contribution >= 4 is 34.8 Å². The number of aromatic nitrogens is 2. The highest BCUT2D eigenvalue weighted by atomic mass is 35.5. The Labute approximate surface area is 142 Å². The number of anilines is 1. The van der Waals surface area contributed by atoms with E-state index in [1.54, 1.807) is 37.5 Å². The molecule has 0 aliphatic carbocycles. The molecule has 1 N–H and O–H groups in total. The summed E-state index contributed by atoms with van der Waals surface area (Å²) in [5.74, 6) is 0.300. The molecule has 0 bridgehead atoms. The molecule has 0 fully saturated rings. The van der Waals surface area contributed by atoms with Crippen LogP contribution in [-0.4, -0.2) is 15.9 Å². The maximum atomic E-state index is 12.4. The summed E-state index contributed by atoms with van der Waals surface area (Å²) < 4.78 is 5.30. The van der Waals surface area contributed by atoms with Crippen molar-refractivity contribution in [3.8, 4) is 11.5 Å². The Morgan fingerprint density at radius 3 is 2.74 bits per heavy atom. The number of furan rings is 1. The molecule has 0 atom stereocenters. The fraction of sp³-hybridized carbons (Fsp3) is 0.0625. The van der Waals surface area contributed by atoms with Crippen molar-refractivity contribution in [3.05, 3.63) is 64.2 Å². The molecule has 0 aliphatic rings. The SMILES string of the molecule is Cc1nc(-c2ccco2)ccc1C(=O)Nc1cncc(Cl)c1Cl. The van der Waals surface area contributed by atoms with Crippen LogP contribution in [-0.2, 0) is 0 Å². The van der Waals surface area contributed by atoms with Crippen molar-refractivity contribution in [2.75, 3.05) is 5.32 Å². The molecule has 0 aromatic carbocycles. The quantitative estimate of drug-likeness (QED) is 0.751. The first kappa shape index (κ1) is 15.5. The zero-order valence-corrected chi connectivity index (χ0v) is 13.5.